The molecule has 1 aliphatic heterocycles. The monoisotopic (exact) mass is 302 g/mol. The number of hydrogen-bond acceptors (Lipinski definition) is 7. The van der Waals surface area contributed by atoms with Crippen molar-refractivity contribution in [3.8, 4) is 0 Å². The molecule has 7 nitrogen and oxygen atoms in total. The Morgan fingerprint density at radius 1 is 1.29 bits per heavy atom. The van der Waals surface area contributed by atoms with Crippen LogP contribution in [0.3, 0.4) is 0 Å². The summed E-state index contributed by atoms with van der Waals surface area (Å²) in [5.74, 6) is -0.870. The van der Waals surface area contributed by atoms with Gasteiger partial charge in [-0.2, -0.15) is 0 Å². The summed E-state index contributed by atoms with van der Waals surface area (Å²) >= 11 is 0. The van der Waals surface area contributed by atoms with Gasteiger partial charge < -0.3 is 19.5 Å². The van der Waals surface area contributed by atoms with E-state index in [9.17, 15) is 9.59 Å². The highest BCUT2D eigenvalue weighted by atomic mass is 16.6. The lowest BCUT2D eigenvalue weighted by molar-refractivity contribution is -0.168. The molecule has 122 valence electrons. The quantitative estimate of drug-likeness (QED) is 0.699. The molecule has 21 heavy (non-hydrogen) atoms. The topological polar surface area (TPSA) is 77.1 Å². The van der Waals surface area contributed by atoms with Crippen LogP contribution >= 0.6 is 0 Å². The fraction of sp³-hybridized carbons (Fsp3) is 0.857. The minimum atomic E-state index is -1.10. The molecular formula is C14H26N2O5. The Morgan fingerprint density at radius 3 is 2.33 bits per heavy atom. The molecule has 3 atom stereocenters. The van der Waals surface area contributed by atoms with Crippen molar-refractivity contribution in [2.24, 2.45) is 0 Å². The lowest BCUT2D eigenvalue weighted by Gasteiger charge is -2.43. The molecule has 1 N–H and O–H groups in total. The maximum Gasteiger partial charge on any atom is 0.329 e. The number of hydrogen-bond donors (Lipinski definition) is 1. The lowest BCUT2D eigenvalue weighted by Crippen LogP contribution is -2.69. The Kier molecular flexibility index (Phi) is 5.72. The molecule has 0 radical (unpaired) electrons. The Labute approximate surface area is 125 Å². The zero-order valence-corrected chi connectivity index (χ0v) is 13.7. The molecule has 0 aromatic rings. The van der Waals surface area contributed by atoms with Crippen LogP contribution in [-0.4, -0.2) is 68.1 Å². The zero-order valence-electron chi connectivity index (χ0n) is 13.7. The predicted octanol–water partition coefficient (Wildman–Crippen LogP) is 0.138. The molecule has 1 aliphatic rings. The molecule has 1 saturated heterocycles. The third-order valence-electron chi connectivity index (χ3n) is 4.32. The van der Waals surface area contributed by atoms with E-state index >= 15 is 0 Å². The van der Waals surface area contributed by atoms with Crippen LogP contribution in [0.2, 0.25) is 0 Å². The van der Waals surface area contributed by atoms with Crippen LogP contribution in [-0.2, 0) is 23.8 Å². The average molecular weight is 302 g/mol. The molecule has 0 spiro atoms. The van der Waals surface area contributed by atoms with Crippen LogP contribution in [0.15, 0.2) is 0 Å². The van der Waals surface area contributed by atoms with Crippen molar-refractivity contribution < 1.29 is 23.8 Å². The summed E-state index contributed by atoms with van der Waals surface area (Å²) in [5, 5.41) is 2.91. The third kappa shape index (κ3) is 2.77. The van der Waals surface area contributed by atoms with Gasteiger partial charge in [0.15, 0.2) is 0 Å². The highest BCUT2D eigenvalue weighted by molar-refractivity contribution is 5.86. The molecule has 1 heterocycles. The van der Waals surface area contributed by atoms with Gasteiger partial charge in [-0.05, 0) is 41.8 Å². The lowest BCUT2D eigenvalue weighted by atomic mass is 9.76. The summed E-state index contributed by atoms with van der Waals surface area (Å²) in [6.07, 6.45) is 0. The van der Waals surface area contributed by atoms with Gasteiger partial charge in [-0.1, -0.05) is 0 Å². The van der Waals surface area contributed by atoms with E-state index in [0.29, 0.717) is 0 Å². The summed E-state index contributed by atoms with van der Waals surface area (Å²) in [6, 6.07) is -0.781. The number of nitrogens with one attached hydrogen (secondary N) is 1. The number of carbonyl (C=O) groups excluding carboxylic acids is 2. The van der Waals surface area contributed by atoms with Crippen molar-refractivity contribution in [2.45, 2.75) is 44.9 Å². The largest absolute Gasteiger partial charge is 0.465 e. The van der Waals surface area contributed by atoms with E-state index < -0.39 is 29.1 Å². The van der Waals surface area contributed by atoms with Crippen molar-refractivity contribution in [1.29, 1.82) is 0 Å². The molecule has 0 aromatic carbocycles. The second kappa shape index (κ2) is 6.72. The highest BCUT2D eigenvalue weighted by Crippen LogP contribution is 2.41. The number of rotatable bonds is 6. The van der Waals surface area contributed by atoms with Crippen LogP contribution in [0.25, 0.3) is 0 Å². The summed E-state index contributed by atoms with van der Waals surface area (Å²) in [5.41, 5.74) is -2.20. The first kappa shape index (κ1) is 17.9. The molecule has 1 rings (SSSR count). The van der Waals surface area contributed by atoms with E-state index in [4.69, 9.17) is 14.2 Å². The van der Waals surface area contributed by atoms with Crippen molar-refractivity contribution >= 4 is 11.9 Å². The second-order valence-corrected chi connectivity index (χ2v) is 5.34. The average Bonchev–Trinajstić information content (AvgIpc) is 2.66. The van der Waals surface area contributed by atoms with E-state index in [0.717, 1.165) is 0 Å². The predicted molar refractivity (Wildman–Crippen MR) is 76.6 cm³/mol. The smallest absolute Gasteiger partial charge is 0.329 e. The molecule has 0 bridgehead atoms. The Balaban J connectivity index is 3.21. The molecule has 7 heteroatoms. The van der Waals surface area contributed by atoms with Crippen molar-refractivity contribution in [2.75, 3.05) is 34.0 Å². The first-order valence-electron chi connectivity index (χ1n) is 7.15. The van der Waals surface area contributed by atoms with Crippen LogP contribution in [0.1, 0.15) is 27.7 Å². The maximum atomic E-state index is 12.5. The first-order chi connectivity index (χ1) is 9.79. The molecule has 0 aromatic heterocycles. The summed E-state index contributed by atoms with van der Waals surface area (Å²) in [4.78, 5) is 26.4. The van der Waals surface area contributed by atoms with Gasteiger partial charge in [-0.25, -0.2) is 4.79 Å². The zero-order chi connectivity index (χ0) is 16.3. The number of likely N-dealkylation sites (N-methyl/N-ethyl adjacent to an activating group) is 2. The van der Waals surface area contributed by atoms with Gasteiger partial charge in [0, 0.05) is 0 Å². The molecule has 1 fully saturated rings. The first-order valence-corrected chi connectivity index (χ1v) is 7.15. The number of esters is 2. The van der Waals surface area contributed by atoms with Gasteiger partial charge in [0.05, 0.1) is 13.2 Å². The normalized spacial score (nSPS) is 31.0. The molecule has 0 amide bonds. The molecule has 0 saturated carbocycles. The van der Waals surface area contributed by atoms with E-state index in [2.05, 4.69) is 5.32 Å². The summed E-state index contributed by atoms with van der Waals surface area (Å²) in [6.45, 7) is 7.69. The van der Waals surface area contributed by atoms with E-state index in [1.54, 1.807) is 46.7 Å². The van der Waals surface area contributed by atoms with Gasteiger partial charge in [0.25, 0.3) is 0 Å². The molecule has 0 aliphatic carbocycles. The van der Waals surface area contributed by atoms with Crippen molar-refractivity contribution in [3.05, 3.63) is 0 Å². The van der Waals surface area contributed by atoms with Gasteiger partial charge in [-0.3, -0.25) is 9.69 Å². The molecule has 0 unspecified atom stereocenters. The van der Waals surface area contributed by atoms with Crippen molar-refractivity contribution in [3.63, 3.8) is 0 Å². The second-order valence-electron chi connectivity index (χ2n) is 5.34. The fourth-order valence-electron chi connectivity index (χ4n) is 2.72. The standard InChI is InChI=1S/C14H26N2O5/c1-7-19-11(17)10(15-5)14(4)13(3,12(18)20-8-2)16(6)9-21-14/h10,15H,7-9H2,1-6H3/t10-,13+,14+/m1/s1. The SMILES string of the molecule is CCOC(=O)[C@@H](NC)[C@]1(C)OCN(C)[C@@]1(C)C(=O)OCC. The highest BCUT2D eigenvalue weighted by Gasteiger charge is 2.64. The van der Waals surface area contributed by atoms with E-state index in [1.807, 2.05) is 0 Å². The van der Waals surface area contributed by atoms with Crippen molar-refractivity contribution in [1.82, 2.24) is 10.2 Å². The Morgan fingerprint density at radius 2 is 1.86 bits per heavy atom. The summed E-state index contributed by atoms with van der Waals surface area (Å²) in [7, 11) is 3.40. The van der Waals surface area contributed by atoms with Crippen LogP contribution in [0.5, 0.6) is 0 Å². The van der Waals surface area contributed by atoms with E-state index in [1.165, 1.54) is 0 Å². The van der Waals surface area contributed by atoms with E-state index in [-0.39, 0.29) is 19.9 Å². The molecular weight excluding hydrogens is 276 g/mol. The Bertz CT molecular complexity index is 403. The van der Waals surface area contributed by atoms with Gasteiger partial charge in [0.2, 0.25) is 0 Å². The van der Waals surface area contributed by atoms with Crippen LogP contribution < -0.4 is 5.32 Å². The fourth-order valence-corrected chi connectivity index (χ4v) is 2.72. The third-order valence-corrected chi connectivity index (χ3v) is 4.32. The van der Waals surface area contributed by atoms with Gasteiger partial charge in [-0.15, -0.1) is 0 Å². The van der Waals surface area contributed by atoms with Gasteiger partial charge >= 0.3 is 11.9 Å². The minimum Gasteiger partial charge on any atom is -0.465 e. The van der Waals surface area contributed by atoms with Crippen LogP contribution in [0, 0.1) is 0 Å². The number of carbonyl (C=O) groups is 2. The van der Waals surface area contributed by atoms with Crippen LogP contribution in [0.4, 0.5) is 0 Å². The maximum absolute atomic E-state index is 12.5. The number of ether oxygens (including phenoxy) is 3. The summed E-state index contributed by atoms with van der Waals surface area (Å²) < 4.78 is 16.1. The minimum absolute atomic E-state index is 0.226. The Hall–Kier alpha value is -1.18. The van der Waals surface area contributed by atoms with Gasteiger partial charge in [0.1, 0.15) is 23.9 Å². The number of nitrogens with zero attached hydrogens (tertiary/aromatic N) is 1.